The quantitative estimate of drug-likeness (QED) is 0.161. The van der Waals surface area contributed by atoms with Crippen molar-refractivity contribution in [3.8, 4) is 5.75 Å². The Morgan fingerprint density at radius 1 is 0.778 bits per heavy atom. The number of esters is 1. The van der Waals surface area contributed by atoms with E-state index < -0.39 is 35.8 Å². The Morgan fingerprint density at radius 2 is 1.36 bits per heavy atom. The minimum absolute atomic E-state index is 0.00194. The predicted molar refractivity (Wildman–Crippen MR) is 166 cm³/mol. The van der Waals surface area contributed by atoms with Gasteiger partial charge in [-0.15, -0.1) is 0 Å². The lowest BCUT2D eigenvalue weighted by atomic mass is 10.0. The summed E-state index contributed by atoms with van der Waals surface area (Å²) in [5.74, 6) is -3.25. The van der Waals surface area contributed by atoms with Crippen LogP contribution in [0.15, 0.2) is 24.3 Å². The van der Waals surface area contributed by atoms with Crippen LogP contribution in [-0.2, 0) is 35.1 Å². The molecule has 0 aromatic heterocycles. The fraction of sp³-hybridized carbons (Fsp3) is 0.677. The second-order valence-corrected chi connectivity index (χ2v) is 11.0. The summed E-state index contributed by atoms with van der Waals surface area (Å²) < 4.78 is 15.9. The third kappa shape index (κ3) is 14.6. The average Bonchev–Trinajstić information content (AvgIpc) is 3.00. The number of carboxylic acids is 3. The first-order chi connectivity index (χ1) is 21.6. The summed E-state index contributed by atoms with van der Waals surface area (Å²) >= 11 is 0. The first-order valence-electron chi connectivity index (χ1n) is 15.5. The van der Waals surface area contributed by atoms with E-state index >= 15 is 0 Å². The number of carboxylic acid groups (broad SMARTS) is 3. The van der Waals surface area contributed by atoms with E-state index in [2.05, 4.69) is 0 Å². The molecule has 1 aromatic rings. The molecule has 0 spiro atoms. The Bertz CT molecular complexity index is 1060. The molecule has 0 bridgehead atoms. The highest BCUT2D eigenvalue weighted by Crippen LogP contribution is 2.17. The van der Waals surface area contributed by atoms with Crippen molar-refractivity contribution < 1.29 is 48.7 Å². The molecule has 254 valence electrons. The lowest BCUT2D eigenvalue weighted by Crippen LogP contribution is -2.52. The Hall–Kier alpha value is -3.30. The molecule has 3 N–H and O–H groups in total. The van der Waals surface area contributed by atoms with Crippen LogP contribution in [-0.4, -0.2) is 164 Å². The first-order valence-corrected chi connectivity index (χ1v) is 15.5. The lowest BCUT2D eigenvalue weighted by molar-refractivity contribution is -0.145. The second kappa shape index (κ2) is 20.7. The van der Waals surface area contributed by atoms with Gasteiger partial charge in [-0.1, -0.05) is 19.1 Å². The highest BCUT2D eigenvalue weighted by Gasteiger charge is 2.29. The van der Waals surface area contributed by atoms with Crippen LogP contribution < -0.4 is 4.74 Å². The zero-order valence-corrected chi connectivity index (χ0v) is 26.8. The molecule has 0 saturated carbocycles. The van der Waals surface area contributed by atoms with Crippen LogP contribution >= 0.6 is 0 Å². The largest absolute Gasteiger partial charge is 0.491 e. The van der Waals surface area contributed by atoms with E-state index in [1.807, 2.05) is 40.7 Å². The van der Waals surface area contributed by atoms with Gasteiger partial charge < -0.3 is 29.5 Å². The molecule has 1 saturated heterocycles. The number of benzene rings is 1. The predicted octanol–water partition coefficient (Wildman–Crippen LogP) is 0.688. The van der Waals surface area contributed by atoms with E-state index in [0.29, 0.717) is 84.3 Å². The Morgan fingerprint density at radius 3 is 1.87 bits per heavy atom. The number of nitrogens with zero attached hydrogens (tertiary/aromatic N) is 4. The summed E-state index contributed by atoms with van der Waals surface area (Å²) in [6.07, 6.45) is 0.664. The highest BCUT2D eigenvalue weighted by molar-refractivity contribution is 5.74. The number of carbonyl (C=O) groups excluding carboxylic acids is 1. The normalized spacial score (nSPS) is 17.8. The maximum Gasteiger partial charge on any atom is 0.321 e. The molecule has 2 unspecified atom stereocenters. The van der Waals surface area contributed by atoms with Crippen molar-refractivity contribution in [3.63, 3.8) is 0 Å². The number of methoxy groups -OCH3 is 1. The van der Waals surface area contributed by atoms with Gasteiger partial charge in [-0.3, -0.25) is 38.8 Å². The number of hydrogen-bond acceptors (Lipinski definition) is 11. The zero-order chi connectivity index (χ0) is 33.2. The van der Waals surface area contributed by atoms with Crippen molar-refractivity contribution in [1.29, 1.82) is 0 Å². The van der Waals surface area contributed by atoms with Crippen molar-refractivity contribution in [1.82, 2.24) is 19.6 Å². The smallest absolute Gasteiger partial charge is 0.321 e. The van der Waals surface area contributed by atoms with Gasteiger partial charge in [0.15, 0.2) is 0 Å². The summed E-state index contributed by atoms with van der Waals surface area (Å²) in [6.45, 7) is 8.16. The monoisotopic (exact) mass is 638 g/mol. The molecule has 1 heterocycles. The van der Waals surface area contributed by atoms with Crippen LogP contribution in [0.4, 0.5) is 0 Å². The molecule has 2 atom stereocenters. The lowest BCUT2D eigenvalue weighted by Gasteiger charge is -2.36. The summed E-state index contributed by atoms with van der Waals surface area (Å²) in [4.78, 5) is 55.8. The number of rotatable bonds is 17. The molecule has 1 aliphatic heterocycles. The van der Waals surface area contributed by atoms with Gasteiger partial charge in [0.1, 0.15) is 18.4 Å². The van der Waals surface area contributed by atoms with Crippen LogP contribution in [0.2, 0.25) is 0 Å². The molecule has 0 amide bonds. The first kappa shape index (κ1) is 37.9. The molecule has 45 heavy (non-hydrogen) atoms. The van der Waals surface area contributed by atoms with Crippen LogP contribution in [0, 0.1) is 5.92 Å². The molecule has 1 fully saturated rings. The third-order valence-electron chi connectivity index (χ3n) is 7.91. The Labute approximate surface area is 265 Å². The van der Waals surface area contributed by atoms with Crippen molar-refractivity contribution in [2.75, 3.05) is 98.9 Å². The van der Waals surface area contributed by atoms with Crippen LogP contribution in [0.25, 0.3) is 0 Å². The molecule has 1 aromatic carbocycles. The number of carbonyl (C=O) groups is 4. The topological polar surface area (TPSA) is 170 Å². The van der Waals surface area contributed by atoms with Gasteiger partial charge >= 0.3 is 23.9 Å². The van der Waals surface area contributed by atoms with E-state index in [4.69, 9.17) is 14.2 Å². The third-order valence-corrected chi connectivity index (χ3v) is 7.91. The average molecular weight is 639 g/mol. The van der Waals surface area contributed by atoms with Crippen LogP contribution in [0.3, 0.4) is 0 Å². The fourth-order valence-electron chi connectivity index (χ4n) is 5.18. The van der Waals surface area contributed by atoms with E-state index in [0.717, 1.165) is 5.56 Å². The Kier molecular flexibility index (Phi) is 17.4. The van der Waals surface area contributed by atoms with Crippen molar-refractivity contribution >= 4 is 23.9 Å². The maximum absolute atomic E-state index is 12.6. The van der Waals surface area contributed by atoms with Gasteiger partial charge in [-0.25, -0.2) is 0 Å². The second-order valence-electron chi connectivity index (χ2n) is 11.0. The molecule has 0 aliphatic carbocycles. The Balaban J connectivity index is 2.27. The van der Waals surface area contributed by atoms with E-state index in [9.17, 15) is 34.5 Å². The molecule has 14 nitrogen and oxygen atoms in total. The van der Waals surface area contributed by atoms with Gasteiger partial charge in [0.05, 0.1) is 32.7 Å². The van der Waals surface area contributed by atoms with Crippen molar-refractivity contribution in [2.24, 2.45) is 5.92 Å². The molecule has 2 rings (SSSR count). The van der Waals surface area contributed by atoms with Gasteiger partial charge in [0.25, 0.3) is 0 Å². The van der Waals surface area contributed by atoms with Crippen LogP contribution in [0.1, 0.15) is 25.8 Å². The van der Waals surface area contributed by atoms with E-state index in [1.165, 1.54) is 7.11 Å². The summed E-state index contributed by atoms with van der Waals surface area (Å²) in [6, 6.07) is 6.35. The van der Waals surface area contributed by atoms with Crippen LogP contribution in [0.5, 0.6) is 5.75 Å². The molecule has 0 radical (unpaired) electrons. The molecular weight excluding hydrogens is 588 g/mol. The summed E-state index contributed by atoms with van der Waals surface area (Å²) in [5, 5.41) is 29.5. The summed E-state index contributed by atoms with van der Waals surface area (Å²) in [7, 11) is 1.31. The number of aliphatic carboxylic acids is 3. The highest BCUT2D eigenvalue weighted by atomic mass is 16.5. The number of hydrogen-bond donors (Lipinski definition) is 3. The van der Waals surface area contributed by atoms with Crippen molar-refractivity contribution in [3.05, 3.63) is 29.8 Å². The molecular formula is C31H50N4O10. The molecule has 1 aliphatic rings. The van der Waals surface area contributed by atoms with Crippen molar-refractivity contribution in [2.45, 2.75) is 32.7 Å². The maximum atomic E-state index is 12.6. The number of ether oxygens (including phenoxy) is 3. The van der Waals surface area contributed by atoms with Gasteiger partial charge in [-0.2, -0.15) is 0 Å². The summed E-state index contributed by atoms with van der Waals surface area (Å²) in [5.41, 5.74) is 0.805. The van der Waals surface area contributed by atoms with E-state index in [1.54, 1.807) is 17.0 Å². The minimum atomic E-state index is -1.01. The SMILES string of the molecule is CCOCCOc1ccc(CC(C(=O)O)N2CCN(CC(=O)O)CCN(CC(CC)C(=O)O)CCN(CC(=O)OC)CC2)cc1. The van der Waals surface area contributed by atoms with Gasteiger partial charge in [0.2, 0.25) is 0 Å². The molecule has 14 heteroatoms. The minimum Gasteiger partial charge on any atom is -0.491 e. The van der Waals surface area contributed by atoms with Gasteiger partial charge in [0, 0.05) is 65.5 Å². The van der Waals surface area contributed by atoms with E-state index in [-0.39, 0.29) is 26.1 Å². The van der Waals surface area contributed by atoms with Gasteiger partial charge in [-0.05, 0) is 37.5 Å². The standard InChI is InChI=1S/C31H50N4O10/c1-4-25(30(39)40)21-32-10-12-33(22-28(36)37)14-16-35(17-15-34(13-11-32)23-29(38)43-3)27(31(41)42)20-24-6-8-26(9-7-24)45-19-18-44-5-2/h6-9,25,27H,4-5,10-23H2,1-3H3,(H,36,37)(H,39,40)(H,41,42). The zero-order valence-electron chi connectivity index (χ0n) is 26.8. The fourth-order valence-corrected chi connectivity index (χ4v) is 5.18.